The molecule has 0 aliphatic carbocycles. The number of benzene rings is 3. The van der Waals surface area contributed by atoms with Gasteiger partial charge in [0.2, 0.25) is 5.91 Å². The van der Waals surface area contributed by atoms with Gasteiger partial charge in [0.1, 0.15) is 5.75 Å². The average Bonchev–Trinajstić information content (AvgIpc) is 2.71. The van der Waals surface area contributed by atoms with Gasteiger partial charge in [-0.2, -0.15) is 0 Å². The number of halogens is 1. The molecule has 0 unspecified atom stereocenters. The Kier molecular flexibility index (Phi) is 6.74. The van der Waals surface area contributed by atoms with Crippen molar-refractivity contribution in [1.29, 1.82) is 0 Å². The summed E-state index contributed by atoms with van der Waals surface area (Å²) in [4.78, 5) is 12.4. The number of carbonyl (C=O) groups is 1. The van der Waals surface area contributed by atoms with Crippen molar-refractivity contribution in [2.24, 2.45) is 0 Å². The number of para-hydroxylation sites is 3. The summed E-state index contributed by atoms with van der Waals surface area (Å²) in [5.41, 5.74) is 0.631. The van der Waals surface area contributed by atoms with Crippen LogP contribution < -0.4 is 14.8 Å². The molecule has 29 heavy (non-hydrogen) atoms. The number of nitrogens with one attached hydrogen (secondary N) is 2. The lowest BCUT2D eigenvalue weighted by Gasteiger charge is -2.14. The van der Waals surface area contributed by atoms with Crippen molar-refractivity contribution in [3.63, 3.8) is 0 Å². The van der Waals surface area contributed by atoms with Gasteiger partial charge in [0.25, 0.3) is 10.0 Å². The molecule has 0 radical (unpaired) electrons. The van der Waals surface area contributed by atoms with E-state index < -0.39 is 10.0 Å². The van der Waals surface area contributed by atoms with Gasteiger partial charge < -0.3 is 10.1 Å². The molecule has 150 valence electrons. The lowest BCUT2D eigenvalue weighted by atomic mass is 10.2. The zero-order chi connectivity index (χ0) is 20.7. The minimum absolute atomic E-state index is 0.0744. The van der Waals surface area contributed by atoms with E-state index in [0.29, 0.717) is 16.5 Å². The van der Waals surface area contributed by atoms with Crippen LogP contribution in [0.5, 0.6) is 5.75 Å². The Balaban J connectivity index is 1.63. The summed E-state index contributed by atoms with van der Waals surface area (Å²) in [7, 11) is -3.77. The Labute approximate surface area is 174 Å². The summed E-state index contributed by atoms with van der Waals surface area (Å²) in [6, 6.07) is 21.6. The van der Waals surface area contributed by atoms with Gasteiger partial charge in [-0.25, -0.2) is 8.42 Å². The van der Waals surface area contributed by atoms with Crippen molar-refractivity contribution in [2.75, 3.05) is 16.6 Å². The van der Waals surface area contributed by atoms with E-state index in [1.54, 1.807) is 66.7 Å². The molecular formula is C21H19ClN2O4S. The van der Waals surface area contributed by atoms with E-state index in [4.69, 9.17) is 16.3 Å². The van der Waals surface area contributed by atoms with E-state index in [9.17, 15) is 13.2 Å². The van der Waals surface area contributed by atoms with Crippen molar-refractivity contribution in [3.05, 3.63) is 83.9 Å². The van der Waals surface area contributed by atoms with Crippen molar-refractivity contribution >= 4 is 38.9 Å². The maximum absolute atomic E-state index is 12.5. The number of carbonyl (C=O) groups excluding carboxylic acids is 1. The molecule has 3 rings (SSSR count). The third-order valence-electron chi connectivity index (χ3n) is 3.92. The maximum Gasteiger partial charge on any atom is 0.261 e. The van der Waals surface area contributed by atoms with Gasteiger partial charge in [-0.3, -0.25) is 9.52 Å². The molecule has 0 aliphatic rings. The average molecular weight is 431 g/mol. The molecule has 6 nitrogen and oxygen atoms in total. The van der Waals surface area contributed by atoms with Crippen LogP contribution in [0, 0.1) is 0 Å². The van der Waals surface area contributed by atoms with Gasteiger partial charge in [0.15, 0.2) is 0 Å². The first kappa shape index (κ1) is 20.7. The molecule has 0 saturated carbocycles. The highest BCUT2D eigenvalue weighted by molar-refractivity contribution is 7.92. The number of sulfonamides is 1. The van der Waals surface area contributed by atoms with E-state index in [0.717, 1.165) is 0 Å². The molecule has 0 bridgehead atoms. The molecule has 8 heteroatoms. The van der Waals surface area contributed by atoms with Gasteiger partial charge in [-0.15, -0.1) is 0 Å². The van der Waals surface area contributed by atoms with Crippen LogP contribution in [0.15, 0.2) is 83.8 Å². The van der Waals surface area contributed by atoms with E-state index in [1.807, 2.05) is 0 Å². The largest absolute Gasteiger partial charge is 0.491 e. The van der Waals surface area contributed by atoms with Crippen LogP contribution in [0.1, 0.15) is 6.42 Å². The van der Waals surface area contributed by atoms with Crippen LogP contribution in [0.2, 0.25) is 5.02 Å². The van der Waals surface area contributed by atoms with Crippen LogP contribution in [-0.2, 0) is 14.8 Å². The second kappa shape index (κ2) is 9.45. The smallest absolute Gasteiger partial charge is 0.261 e. The van der Waals surface area contributed by atoms with Gasteiger partial charge >= 0.3 is 0 Å². The number of ether oxygens (including phenoxy) is 1. The van der Waals surface area contributed by atoms with Gasteiger partial charge in [0.05, 0.1) is 34.3 Å². The first-order valence-corrected chi connectivity index (χ1v) is 10.7. The molecule has 0 aliphatic heterocycles. The van der Waals surface area contributed by atoms with E-state index in [2.05, 4.69) is 10.0 Å². The van der Waals surface area contributed by atoms with Crippen LogP contribution in [0.25, 0.3) is 0 Å². The quantitative estimate of drug-likeness (QED) is 0.549. The SMILES string of the molecule is O=C(CCOc1ccccc1Cl)Nc1ccccc1NS(=O)(=O)c1ccccc1. The molecule has 0 heterocycles. The molecule has 0 spiro atoms. The first-order chi connectivity index (χ1) is 14.0. The van der Waals surface area contributed by atoms with E-state index in [-0.39, 0.29) is 29.5 Å². The van der Waals surface area contributed by atoms with E-state index >= 15 is 0 Å². The molecule has 0 atom stereocenters. The van der Waals surface area contributed by atoms with Gasteiger partial charge in [0, 0.05) is 0 Å². The Morgan fingerprint density at radius 2 is 1.48 bits per heavy atom. The Morgan fingerprint density at radius 1 is 0.862 bits per heavy atom. The summed E-state index contributed by atoms with van der Waals surface area (Å²) in [6.45, 7) is 0.132. The Morgan fingerprint density at radius 3 is 2.21 bits per heavy atom. The van der Waals surface area contributed by atoms with E-state index in [1.165, 1.54) is 12.1 Å². The minimum atomic E-state index is -3.77. The zero-order valence-corrected chi connectivity index (χ0v) is 16.9. The number of amides is 1. The first-order valence-electron chi connectivity index (χ1n) is 8.80. The molecule has 3 aromatic carbocycles. The summed E-state index contributed by atoms with van der Waals surface area (Å²) in [5.74, 6) is 0.182. The van der Waals surface area contributed by atoms with Crippen LogP contribution in [-0.4, -0.2) is 20.9 Å². The van der Waals surface area contributed by atoms with Crippen molar-refractivity contribution < 1.29 is 17.9 Å². The number of hydrogen-bond donors (Lipinski definition) is 2. The molecule has 2 N–H and O–H groups in total. The van der Waals surface area contributed by atoms with Gasteiger partial charge in [-0.1, -0.05) is 54.1 Å². The zero-order valence-electron chi connectivity index (χ0n) is 15.3. The van der Waals surface area contributed by atoms with Gasteiger partial charge in [-0.05, 0) is 36.4 Å². The fourth-order valence-corrected chi connectivity index (χ4v) is 3.80. The monoisotopic (exact) mass is 430 g/mol. The number of anilines is 2. The van der Waals surface area contributed by atoms with Crippen LogP contribution in [0.3, 0.4) is 0 Å². The molecular weight excluding hydrogens is 412 g/mol. The summed E-state index contributed by atoms with van der Waals surface area (Å²) in [6.07, 6.45) is 0.0744. The third kappa shape index (κ3) is 5.73. The highest BCUT2D eigenvalue weighted by Crippen LogP contribution is 2.25. The number of rotatable bonds is 8. The van der Waals surface area contributed by atoms with Crippen LogP contribution in [0.4, 0.5) is 11.4 Å². The molecule has 3 aromatic rings. The fourth-order valence-electron chi connectivity index (χ4n) is 2.51. The fraction of sp³-hybridized carbons (Fsp3) is 0.0952. The highest BCUT2D eigenvalue weighted by Gasteiger charge is 2.16. The highest BCUT2D eigenvalue weighted by atomic mass is 35.5. The molecule has 0 fully saturated rings. The predicted octanol–water partition coefficient (Wildman–Crippen LogP) is 4.55. The van der Waals surface area contributed by atoms with Crippen LogP contribution >= 0.6 is 11.6 Å². The second-order valence-corrected chi connectivity index (χ2v) is 8.13. The molecule has 1 amide bonds. The minimum Gasteiger partial charge on any atom is -0.491 e. The van der Waals surface area contributed by atoms with Crippen molar-refractivity contribution in [1.82, 2.24) is 0 Å². The number of hydrogen-bond acceptors (Lipinski definition) is 4. The second-order valence-electron chi connectivity index (χ2n) is 6.04. The lowest BCUT2D eigenvalue weighted by Crippen LogP contribution is -2.18. The Bertz CT molecular complexity index is 1090. The lowest BCUT2D eigenvalue weighted by molar-refractivity contribution is -0.116. The summed E-state index contributed by atoms with van der Waals surface area (Å²) in [5, 5.41) is 3.17. The third-order valence-corrected chi connectivity index (χ3v) is 5.62. The topological polar surface area (TPSA) is 84.5 Å². The molecule has 0 aromatic heterocycles. The maximum atomic E-state index is 12.5. The van der Waals surface area contributed by atoms with Crippen molar-refractivity contribution in [2.45, 2.75) is 11.3 Å². The standard InChI is InChI=1S/C21H19ClN2O4S/c22-17-10-4-7-13-20(17)28-15-14-21(25)23-18-11-5-6-12-19(18)24-29(26,27)16-8-2-1-3-9-16/h1-13,24H,14-15H2,(H,23,25). The van der Waals surface area contributed by atoms with Crippen molar-refractivity contribution in [3.8, 4) is 5.75 Å². The predicted molar refractivity (Wildman–Crippen MR) is 114 cm³/mol. The summed E-state index contributed by atoms with van der Waals surface area (Å²) >= 11 is 6.01. The summed E-state index contributed by atoms with van der Waals surface area (Å²) < 4.78 is 33.1. The molecule has 0 saturated heterocycles. The Hall–Kier alpha value is -3.03. The normalized spacial score (nSPS) is 10.9.